The van der Waals surface area contributed by atoms with Crippen LogP contribution in [0.15, 0.2) is 48.5 Å². The molecule has 1 aliphatic heterocycles. The van der Waals surface area contributed by atoms with Gasteiger partial charge in [0.2, 0.25) is 5.91 Å². The molecule has 1 heterocycles. The van der Waals surface area contributed by atoms with Gasteiger partial charge in [-0.15, -0.1) is 0 Å². The van der Waals surface area contributed by atoms with Crippen LogP contribution in [0, 0.1) is 5.92 Å². The van der Waals surface area contributed by atoms with Gasteiger partial charge in [-0.3, -0.25) is 4.79 Å². The van der Waals surface area contributed by atoms with E-state index in [-0.39, 0.29) is 42.5 Å². The van der Waals surface area contributed by atoms with Crippen LogP contribution in [-0.4, -0.2) is 48.7 Å². The summed E-state index contributed by atoms with van der Waals surface area (Å²) in [6.07, 6.45) is -8.87. The second kappa shape index (κ2) is 13.8. The predicted octanol–water partition coefficient (Wildman–Crippen LogP) is 7.18. The van der Waals surface area contributed by atoms with E-state index in [4.69, 9.17) is 9.47 Å². The average molecular weight is 603 g/mol. The minimum atomic E-state index is -4.94. The Morgan fingerprint density at radius 1 is 0.929 bits per heavy atom. The molecule has 2 amide bonds. The van der Waals surface area contributed by atoms with Crippen molar-refractivity contribution in [3.63, 3.8) is 0 Å². The number of rotatable bonds is 9. The Bertz CT molecular complexity index is 1150. The molecule has 1 atom stereocenters. The zero-order valence-corrected chi connectivity index (χ0v) is 23.8. The Hall–Kier alpha value is -3.28. The van der Waals surface area contributed by atoms with Gasteiger partial charge in [-0.2, -0.15) is 26.3 Å². The largest absolute Gasteiger partial charge is 0.444 e. The summed E-state index contributed by atoms with van der Waals surface area (Å²) in [6.45, 7) is 6.02. The summed E-state index contributed by atoms with van der Waals surface area (Å²) in [4.78, 5) is 26.6. The lowest BCUT2D eigenvalue weighted by Crippen LogP contribution is -2.45. The van der Waals surface area contributed by atoms with Crippen molar-refractivity contribution in [2.45, 2.75) is 70.5 Å². The number of ether oxygens (including phenoxy) is 2. The van der Waals surface area contributed by atoms with Crippen LogP contribution in [0.1, 0.15) is 68.2 Å². The summed E-state index contributed by atoms with van der Waals surface area (Å²) < 4.78 is 90.2. The second-order valence-electron chi connectivity index (χ2n) is 11.4. The van der Waals surface area contributed by atoms with E-state index in [1.54, 1.807) is 25.7 Å². The molecule has 0 bridgehead atoms. The van der Waals surface area contributed by atoms with Gasteiger partial charge in [-0.25, -0.2) is 4.79 Å². The smallest absolute Gasteiger partial charge is 0.416 e. The van der Waals surface area contributed by atoms with Crippen molar-refractivity contribution in [2.24, 2.45) is 5.92 Å². The van der Waals surface area contributed by atoms with Gasteiger partial charge in [0.05, 0.1) is 24.3 Å². The fraction of sp³-hybridized carbons (Fsp3) is 0.533. The van der Waals surface area contributed by atoms with Crippen LogP contribution in [-0.2, 0) is 33.2 Å². The molecular weight excluding hydrogens is 566 g/mol. The van der Waals surface area contributed by atoms with E-state index >= 15 is 0 Å². The van der Waals surface area contributed by atoms with Crippen molar-refractivity contribution in [2.75, 3.05) is 26.2 Å². The SMILES string of the molecule is CC(C)(C)OC(=O)N1CCC(C(=O)NCCC(COCc2cc(C(F)(F)F)cc(C(F)(F)F)c2)c2ccccc2)CC1. The third-order valence-corrected chi connectivity index (χ3v) is 6.82. The van der Waals surface area contributed by atoms with Crippen LogP contribution in [0.3, 0.4) is 0 Å². The maximum Gasteiger partial charge on any atom is 0.416 e. The molecular formula is C30H36F6N2O4. The highest BCUT2D eigenvalue weighted by Crippen LogP contribution is 2.36. The minimum Gasteiger partial charge on any atom is -0.444 e. The summed E-state index contributed by atoms with van der Waals surface area (Å²) in [7, 11) is 0. The molecule has 1 unspecified atom stereocenters. The molecule has 6 nitrogen and oxygen atoms in total. The van der Waals surface area contributed by atoms with Crippen molar-refractivity contribution in [1.29, 1.82) is 0 Å². The number of amides is 2. The monoisotopic (exact) mass is 602 g/mol. The van der Waals surface area contributed by atoms with E-state index in [1.165, 1.54) is 0 Å². The first-order valence-electron chi connectivity index (χ1n) is 13.7. The maximum absolute atomic E-state index is 13.2. The number of piperidine rings is 1. The van der Waals surface area contributed by atoms with Crippen LogP contribution in [0.5, 0.6) is 0 Å². The first kappa shape index (κ1) is 33.2. The van der Waals surface area contributed by atoms with E-state index in [1.807, 2.05) is 30.3 Å². The predicted molar refractivity (Wildman–Crippen MR) is 143 cm³/mol. The van der Waals surface area contributed by atoms with Gasteiger partial charge in [0, 0.05) is 31.5 Å². The summed E-state index contributed by atoms with van der Waals surface area (Å²) in [5, 5.41) is 2.91. The molecule has 2 aromatic carbocycles. The molecule has 42 heavy (non-hydrogen) atoms. The van der Waals surface area contributed by atoms with Crippen molar-refractivity contribution < 1.29 is 45.4 Å². The summed E-state index contributed by atoms with van der Waals surface area (Å²) in [6, 6.07) is 10.5. The Labute approximate surface area is 241 Å². The molecule has 2 aromatic rings. The van der Waals surface area contributed by atoms with Crippen molar-refractivity contribution in [1.82, 2.24) is 10.2 Å². The van der Waals surface area contributed by atoms with Gasteiger partial charge in [0.15, 0.2) is 0 Å². The van der Waals surface area contributed by atoms with Crippen molar-refractivity contribution in [3.8, 4) is 0 Å². The molecule has 1 fully saturated rings. The average Bonchev–Trinajstić information content (AvgIpc) is 2.90. The zero-order valence-electron chi connectivity index (χ0n) is 23.8. The molecule has 1 saturated heterocycles. The Kier molecular flexibility index (Phi) is 10.9. The molecule has 0 saturated carbocycles. The number of alkyl halides is 6. The number of hydrogen-bond acceptors (Lipinski definition) is 4. The number of benzene rings is 2. The number of hydrogen-bond donors (Lipinski definition) is 1. The molecule has 1 N–H and O–H groups in total. The highest BCUT2D eigenvalue weighted by atomic mass is 19.4. The molecule has 0 radical (unpaired) electrons. The highest BCUT2D eigenvalue weighted by molar-refractivity contribution is 5.79. The lowest BCUT2D eigenvalue weighted by molar-refractivity contribution is -0.143. The summed E-state index contributed by atoms with van der Waals surface area (Å²) in [5.74, 6) is -0.678. The Morgan fingerprint density at radius 3 is 2.02 bits per heavy atom. The molecule has 3 rings (SSSR count). The summed E-state index contributed by atoms with van der Waals surface area (Å²) in [5.41, 5.74) is -2.78. The fourth-order valence-corrected chi connectivity index (χ4v) is 4.66. The zero-order chi connectivity index (χ0) is 31.1. The van der Waals surface area contributed by atoms with E-state index in [0.717, 1.165) is 5.56 Å². The van der Waals surface area contributed by atoms with Gasteiger partial charge < -0.3 is 19.7 Å². The number of halogens is 6. The number of carbonyl (C=O) groups excluding carboxylic acids is 2. The number of carbonyl (C=O) groups is 2. The molecule has 0 aliphatic carbocycles. The van der Waals surface area contributed by atoms with Crippen molar-refractivity contribution >= 4 is 12.0 Å². The lowest BCUT2D eigenvalue weighted by Gasteiger charge is -2.33. The third-order valence-electron chi connectivity index (χ3n) is 6.82. The number of nitrogens with zero attached hydrogens (tertiary/aromatic N) is 1. The second-order valence-corrected chi connectivity index (χ2v) is 11.4. The van der Waals surface area contributed by atoms with E-state index < -0.39 is 41.8 Å². The van der Waals surface area contributed by atoms with Crippen molar-refractivity contribution in [3.05, 3.63) is 70.8 Å². The topological polar surface area (TPSA) is 67.9 Å². The van der Waals surface area contributed by atoms with Crippen LogP contribution in [0.25, 0.3) is 0 Å². The van der Waals surface area contributed by atoms with Crippen LogP contribution < -0.4 is 5.32 Å². The highest BCUT2D eigenvalue weighted by Gasteiger charge is 2.37. The first-order valence-corrected chi connectivity index (χ1v) is 13.7. The quantitative estimate of drug-likeness (QED) is 0.309. The third kappa shape index (κ3) is 10.2. The maximum atomic E-state index is 13.2. The molecule has 1 aliphatic rings. The van der Waals surface area contributed by atoms with E-state index in [9.17, 15) is 35.9 Å². The molecule has 0 spiro atoms. The standard InChI is InChI=1S/C30H36F6N2O4/c1-28(2,3)42-27(40)38-13-10-22(11-14-38)26(39)37-12-9-23(21-7-5-4-6-8-21)19-41-18-20-15-24(29(31,32)33)17-25(16-20)30(34,35)36/h4-8,15-17,22-23H,9-14,18-19H2,1-3H3,(H,37,39). The van der Waals surface area contributed by atoms with Crippen LogP contribution in [0.2, 0.25) is 0 Å². The summed E-state index contributed by atoms with van der Waals surface area (Å²) >= 11 is 0. The normalized spacial score (nSPS) is 15.8. The van der Waals surface area contributed by atoms with E-state index in [0.29, 0.717) is 44.5 Å². The number of likely N-dealkylation sites (tertiary alicyclic amines) is 1. The minimum absolute atomic E-state index is 0.0196. The Balaban J connectivity index is 1.55. The van der Waals surface area contributed by atoms with E-state index in [2.05, 4.69) is 5.32 Å². The van der Waals surface area contributed by atoms with Crippen LogP contribution >= 0.6 is 0 Å². The fourth-order valence-electron chi connectivity index (χ4n) is 4.66. The first-order chi connectivity index (χ1) is 19.5. The molecule has 232 valence electrons. The molecule has 12 heteroatoms. The van der Waals surface area contributed by atoms with Crippen LogP contribution in [0.4, 0.5) is 31.1 Å². The van der Waals surface area contributed by atoms with Gasteiger partial charge in [-0.1, -0.05) is 30.3 Å². The lowest BCUT2D eigenvalue weighted by atomic mass is 9.94. The molecule has 0 aromatic heterocycles. The Morgan fingerprint density at radius 2 is 1.50 bits per heavy atom. The number of nitrogens with one attached hydrogen (secondary N) is 1. The van der Waals surface area contributed by atoms with Gasteiger partial charge in [-0.05, 0) is 69.4 Å². The van der Waals surface area contributed by atoms with Gasteiger partial charge in [0.1, 0.15) is 5.60 Å². The van der Waals surface area contributed by atoms with Gasteiger partial charge in [0.25, 0.3) is 0 Å². The van der Waals surface area contributed by atoms with Gasteiger partial charge >= 0.3 is 18.4 Å².